The molecule has 2 aliphatic rings. The van der Waals surface area contributed by atoms with Crippen molar-refractivity contribution >= 4 is 45.0 Å². The van der Waals surface area contributed by atoms with E-state index in [1.807, 2.05) is 0 Å². The summed E-state index contributed by atoms with van der Waals surface area (Å²) in [6.45, 7) is 0. The molecule has 2 aliphatic heterocycles. The summed E-state index contributed by atoms with van der Waals surface area (Å²) in [4.78, 5) is 9.12. The van der Waals surface area contributed by atoms with E-state index in [0.29, 0.717) is 0 Å². The number of para-hydroxylation sites is 4. The summed E-state index contributed by atoms with van der Waals surface area (Å²) in [6, 6.07) is 46.1. The molecule has 5 aromatic carbocycles. The van der Waals surface area contributed by atoms with Gasteiger partial charge in [0.25, 0.3) is 0 Å². The number of anilines is 6. The van der Waals surface area contributed by atoms with Gasteiger partial charge in [0.05, 0.1) is 22.7 Å². The molecule has 0 spiro atoms. The molecule has 0 amide bonds. The molecule has 0 aliphatic carbocycles. The van der Waals surface area contributed by atoms with Crippen LogP contribution < -0.4 is 9.80 Å². The van der Waals surface area contributed by atoms with Gasteiger partial charge in [-0.05, 0) is 60.7 Å². The Balaban J connectivity index is 1.58. The van der Waals surface area contributed by atoms with E-state index in [-0.39, 0.29) is 0 Å². The van der Waals surface area contributed by atoms with Gasteiger partial charge >= 0.3 is 0 Å². The van der Waals surface area contributed by atoms with Gasteiger partial charge in [0, 0.05) is 26.1 Å². The van der Waals surface area contributed by atoms with Gasteiger partial charge in [0.1, 0.15) is 0 Å². The average Bonchev–Trinajstić information content (AvgIpc) is 2.89. The molecule has 0 saturated heterocycles. The monoisotopic (exact) mass is 442 g/mol. The molecule has 2 nitrogen and oxygen atoms in total. The van der Waals surface area contributed by atoms with Crippen LogP contribution in [0.2, 0.25) is 0 Å². The van der Waals surface area contributed by atoms with Crippen molar-refractivity contribution in [1.82, 2.24) is 0 Å². The van der Waals surface area contributed by atoms with E-state index in [0.717, 1.165) is 0 Å². The zero-order valence-electron chi connectivity index (χ0n) is 18.0. The summed E-state index contributed by atoms with van der Waals surface area (Å²) < 4.78 is 0. The van der Waals surface area contributed by atoms with Crippen LogP contribution in [0.4, 0.5) is 34.1 Å². The first kappa shape index (κ1) is 18.6. The van der Waals surface area contributed by atoms with Crippen molar-refractivity contribution in [1.29, 1.82) is 0 Å². The number of hydrogen-bond acceptors (Lipinski definition) is 2. The fourth-order valence-corrected chi connectivity index (χ4v) is 7.96. The lowest BCUT2D eigenvalue weighted by Crippen LogP contribution is -2.23. The first-order valence-corrected chi connectivity index (χ1v) is 12.6. The number of fused-ring (bicyclic) bond motifs is 4. The Morgan fingerprint density at radius 2 is 0.758 bits per heavy atom. The van der Waals surface area contributed by atoms with E-state index in [9.17, 15) is 0 Å². The van der Waals surface area contributed by atoms with Crippen LogP contribution in [-0.4, -0.2) is 0 Å². The Kier molecular flexibility index (Phi) is 4.11. The zero-order chi connectivity index (χ0) is 21.8. The van der Waals surface area contributed by atoms with E-state index >= 15 is 0 Å². The average molecular weight is 443 g/mol. The maximum Gasteiger partial charge on any atom is 0.0608 e. The fraction of sp³-hybridized carbons (Fsp3) is 0. The predicted molar refractivity (Wildman–Crippen MR) is 140 cm³/mol. The molecule has 0 unspecified atom stereocenters. The van der Waals surface area contributed by atoms with Gasteiger partial charge in [-0.3, -0.25) is 0 Å². The number of hydrogen-bond donors (Lipinski definition) is 1. The Morgan fingerprint density at radius 3 is 1.24 bits per heavy atom. The van der Waals surface area contributed by atoms with Crippen LogP contribution >= 0.6 is 10.9 Å². The SMILES string of the molecule is c1ccc(N2c3ccccc3[SH]3c4ccccc4N(c4ccccc4)c4cccc2c43)cc1. The fourth-order valence-electron chi connectivity index (χ4n) is 5.13. The molecule has 158 valence electrons. The van der Waals surface area contributed by atoms with Crippen molar-refractivity contribution in [3.05, 3.63) is 127 Å². The van der Waals surface area contributed by atoms with E-state index in [4.69, 9.17) is 0 Å². The van der Waals surface area contributed by atoms with Crippen LogP contribution in [-0.2, 0) is 0 Å². The summed E-state index contributed by atoms with van der Waals surface area (Å²) in [5, 5.41) is 0. The minimum Gasteiger partial charge on any atom is -0.308 e. The second-order valence-corrected chi connectivity index (χ2v) is 10.4. The first-order chi connectivity index (χ1) is 16.4. The second kappa shape index (κ2) is 7.29. The van der Waals surface area contributed by atoms with Gasteiger partial charge in [-0.15, -0.1) is 0 Å². The highest BCUT2D eigenvalue weighted by Crippen LogP contribution is 2.70. The van der Waals surface area contributed by atoms with Crippen molar-refractivity contribution < 1.29 is 0 Å². The van der Waals surface area contributed by atoms with Crippen LogP contribution in [0.25, 0.3) is 0 Å². The standard InChI is InChI=1S/C30H22N2S/c1-3-12-22(13-4-1)31-24-16-7-9-20-28(24)33-29-21-10-8-17-25(29)32(23-14-5-2-6-15-23)27-19-11-18-26(31)30(27)33/h1-21,33H. The summed E-state index contributed by atoms with van der Waals surface area (Å²) in [5.41, 5.74) is 7.50. The van der Waals surface area contributed by atoms with Crippen LogP contribution in [0.5, 0.6) is 0 Å². The summed E-state index contributed by atoms with van der Waals surface area (Å²) >= 11 is 0. The minimum absolute atomic E-state index is 0.668. The first-order valence-electron chi connectivity index (χ1n) is 11.2. The number of benzene rings is 5. The minimum atomic E-state index is -0.668. The third-order valence-corrected chi connectivity index (χ3v) is 9.08. The predicted octanol–water partition coefficient (Wildman–Crippen LogP) is 8.73. The molecule has 3 heteroatoms. The maximum absolute atomic E-state index is 2.43. The Bertz CT molecular complexity index is 1370. The number of nitrogens with zero attached hydrogens (tertiary/aromatic N) is 2. The highest BCUT2D eigenvalue weighted by atomic mass is 32.2. The molecule has 0 bridgehead atoms. The van der Waals surface area contributed by atoms with Crippen LogP contribution in [0, 0.1) is 0 Å². The van der Waals surface area contributed by atoms with Gasteiger partial charge in [-0.1, -0.05) is 66.7 Å². The summed E-state index contributed by atoms with van der Waals surface area (Å²) in [6.07, 6.45) is 0. The lowest BCUT2D eigenvalue weighted by Gasteiger charge is -2.46. The van der Waals surface area contributed by atoms with E-state index in [2.05, 4.69) is 137 Å². The van der Waals surface area contributed by atoms with Gasteiger partial charge in [-0.25, -0.2) is 0 Å². The second-order valence-electron chi connectivity index (χ2n) is 8.30. The van der Waals surface area contributed by atoms with Gasteiger partial charge in [0.2, 0.25) is 0 Å². The molecule has 0 N–H and O–H groups in total. The highest BCUT2D eigenvalue weighted by Gasteiger charge is 2.38. The lowest BCUT2D eigenvalue weighted by molar-refractivity contribution is 1.09. The Labute approximate surface area is 196 Å². The van der Waals surface area contributed by atoms with Gasteiger partial charge in [0.15, 0.2) is 0 Å². The molecule has 0 saturated carbocycles. The van der Waals surface area contributed by atoms with Crippen LogP contribution in [0.15, 0.2) is 142 Å². The lowest BCUT2D eigenvalue weighted by atomic mass is 10.1. The highest BCUT2D eigenvalue weighted by molar-refractivity contribution is 8.17. The molecule has 0 aromatic heterocycles. The van der Waals surface area contributed by atoms with E-state index in [1.54, 1.807) is 0 Å². The molecule has 0 fully saturated rings. The number of thiol groups is 1. The topological polar surface area (TPSA) is 6.48 Å². The van der Waals surface area contributed by atoms with Crippen molar-refractivity contribution in [2.45, 2.75) is 14.7 Å². The molecular formula is C30H22N2S. The summed E-state index contributed by atoms with van der Waals surface area (Å²) in [7, 11) is -0.668. The molecule has 5 aromatic rings. The third kappa shape index (κ3) is 2.69. The van der Waals surface area contributed by atoms with Crippen molar-refractivity contribution in [2.24, 2.45) is 0 Å². The molecule has 0 radical (unpaired) electrons. The van der Waals surface area contributed by atoms with E-state index in [1.165, 1.54) is 48.8 Å². The van der Waals surface area contributed by atoms with Crippen molar-refractivity contribution in [2.75, 3.05) is 9.80 Å². The van der Waals surface area contributed by atoms with Crippen LogP contribution in [0.3, 0.4) is 0 Å². The quantitative estimate of drug-likeness (QED) is 0.267. The molecule has 33 heavy (non-hydrogen) atoms. The van der Waals surface area contributed by atoms with Gasteiger partial charge in [-0.2, -0.15) is 10.9 Å². The molecule has 2 heterocycles. The largest absolute Gasteiger partial charge is 0.308 e. The zero-order valence-corrected chi connectivity index (χ0v) is 18.9. The van der Waals surface area contributed by atoms with Crippen LogP contribution in [0.1, 0.15) is 0 Å². The maximum atomic E-state index is 2.43. The summed E-state index contributed by atoms with van der Waals surface area (Å²) in [5.74, 6) is 0. The molecule has 0 atom stereocenters. The van der Waals surface area contributed by atoms with Crippen molar-refractivity contribution in [3.8, 4) is 0 Å². The Morgan fingerprint density at radius 1 is 0.364 bits per heavy atom. The normalized spacial score (nSPS) is 14.4. The number of rotatable bonds is 2. The molecule has 7 rings (SSSR count). The van der Waals surface area contributed by atoms with Gasteiger partial charge < -0.3 is 9.80 Å². The third-order valence-electron chi connectivity index (χ3n) is 6.45. The molecular weight excluding hydrogens is 420 g/mol. The Hall–Kier alpha value is -3.95. The van der Waals surface area contributed by atoms with Crippen molar-refractivity contribution in [3.63, 3.8) is 0 Å². The van der Waals surface area contributed by atoms with E-state index < -0.39 is 10.9 Å². The smallest absolute Gasteiger partial charge is 0.0608 e.